The summed E-state index contributed by atoms with van der Waals surface area (Å²) in [5, 5.41) is 3.18. The highest BCUT2D eigenvalue weighted by Gasteiger charge is 2.06. The van der Waals surface area contributed by atoms with E-state index in [1.54, 1.807) is 12.4 Å². The van der Waals surface area contributed by atoms with Crippen molar-refractivity contribution in [1.82, 2.24) is 9.97 Å². The maximum absolute atomic E-state index is 5.74. The number of benzene rings is 1. The van der Waals surface area contributed by atoms with Crippen molar-refractivity contribution in [2.75, 3.05) is 18.5 Å². The summed E-state index contributed by atoms with van der Waals surface area (Å²) in [5.74, 6) is 2.48. The van der Waals surface area contributed by atoms with Gasteiger partial charge in [-0.05, 0) is 25.5 Å². The summed E-state index contributed by atoms with van der Waals surface area (Å²) in [6.07, 6.45) is 4.29. The molecule has 0 spiro atoms. The zero-order chi connectivity index (χ0) is 14.2. The van der Waals surface area contributed by atoms with Gasteiger partial charge < -0.3 is 14.8 Å². The Balaban J connectivity index is 2.13. The minimum Gasteiger partial charge on any atom is -0.490 e. The van der Waals surface area contributed by atoms with Crippen LogP contribution in [0.4, 0.5) is 5.82 Å². The first-order valence-electron chi connectivity index (χ1n) is 6.79. The number of hydrogen-bond acceptors (Lipinski definition) is 5. The van der Waals surface area contributed by atoms with Crippen LogP contribution in [0.3, 0.4) is 0 Å². The molecule has 5 heteroatoms. The summed E-state index contributed by atoms with van der Waals surface area (Å²) in [6.45, 7) is 5.48. The fourth-order valence-electron chi connectivity index (χ4n) is 1.66. The van der Waals surface area contributed by atoms with E-state index < -0.39 is 0 Å². The van der Waals surface area contributed by atoms with E-state index in [9.17, 15) is 0 Å². The predicted molar refractivity (Wildman–Crippen MR) is 78.5 cm³/mol. The standard InChI is InChI=1S/C15H19N3O2/c1-3-9-17-14-10-16-11-15(18-14)20-13-8-6-5-7-12(13)19-4-2/h5-8,10-11H,3-4,9H2,1-2H3,(H,17,18). The first-order chi connectivity index (χ1) is 9.83. The first kappa shape index (κ1) is 14.1. The fraction of sp³-hybridized carbons (Fsp3) is 0.333. The molecule has 0 radical (unpaired) electrons. The fourth-order valence-corrected chi connectivity index (χ4v) is 1.66. The lowest BCUT2D eigenvalue weighted by molar-refractivity contribution is 0.319. The van der Waals surface area contributed by atoms with Crippen LogP contribution in [0.1, 0.15) is 20.3 Å². The number of para-hydroxylation sites is 2. The van der Waals surface area contributed by atoms with Crippen molar-refractivity contribution in [3.63, 3.8) is 0 Å². The minimum absolute atomic E-state index is 0.443. The van der Waals surface area contributed by atoms with Crippen molar-refractivity contribution >= 4 is 5.82 Å². The molecule has 2 rings (SSSR count). The van der Waals surface area contributed by atoms with Crippen LogP contribution >= 0.6 is 0 Å². The van der Waals surface area contributed by atoms with Crippen LogP contribution in [0.2, 0.25) is 0 Å². The molecule has 20 heavy (non-hydrogen) atoms. The number of aromatic nitrogens is 2. The molecule has 0 saturated heterocycles. The Labute approximate surface area is 119 Å². The van der Waals surface area contributed by atoms with Gasteiger partial charge in [-0.2, -0.15) is 4.98 Å². The molecule has 0 amide bonds. The van der Waals surface area contributed by atoms with Gasteiger partial charge in [-0.3, -0.25) is 4.98 Å². The van der Waals surface area contributed by atoms with Crippen LogP contribution in [0.5, 0.6) is 17.4 Å². The largest absolute Gasteiger partial charge is 0.490 e. The Kier molecular flexibility index (Phi) is 5.17. The molecule has 0 atom stereocenters. The van der Waals surface area contributed by atoms with Crippen LogP contribution < -0.4 is 14.8 Å². The average molecular weight is 273 g/mol. The van der Waals surface area contributed by atoms with Crippen molar-refractivity contribution in [3.05, 3.63) is 36.7 Å². The molecular formula is C15H19N3O2. The van der Waals surface area contributed by atoms with E-state index in [0.717, 1.165) is 13.0 Å². The van der Waals surface area contributed by atoms with Crippen molar-refractivity contribution in [2.24, 2.45) is 0 Å². The third-order valence-electron chi connectivity index (χ3n) is 2.53. The third kappa shape index (κ3) is 3.85. The van der Waals surface area contributed by atoms with E-state index >= 15 is 0 Å². The Hall–Kier alpha value is -2.30. The summed E-state index contributed by atoms with van der Waals surface area (Å²) < 4.78 is 11.3. The quantitative estimate of drug-likeness (QED) is 0.836. The Bertz CT molecular complexity index is 546. The molecule has 0 unspecified atom stereocenters. The van der Waals surface area contributed by atoms with Crippen molar-refractivity contribution in [1.29, 1.82) is 0 Å². The number of ether oxygens (including phenoxy) is 2. The van der Waals surface area contributed by atoms with E-state index in [-0.39, 0.29) is 0 Å². The first-order valence-corrected chi connectivity index (χ1v) is 6.79. The van der Waals surface area contributed by atoms with E-state index in [2.05, 4.69) is 22.2 Å². The van der Waals surface area contributed by atoms with Gasteiger partial charge in [-0.25, -0.2) is 0 Å². The van der Waals surface area contributed by atoms with Gasteiger partial charge in [0.15, 0.2) is 11.5 Å². The highest BCUT2D eigenvalue weighted by molar-refractivity contribution is 5.42. The highest BCUT2D eigenvalue weighted by atomic mass is 16.5. The Morgan fingerprint density at radius 2 is 1.90 bits per heavy atom. The smallest absolute Gasteiger partial charge is 0.240 e. The molecule has 0 aliphatic heterocycles. The zero-order valence-electron chi connectivity index (χ0n) is 11.8. The molecular weight excluding hydrogens is 254 g/mol. The van der Waals surface area contributed by atoms with Crippen LogP contribution in [0.15, 0.2) is 36.7 Å². The molecule has 1 heterocycles. The molecule has 2 aromatic rings. The van der Waals surface area contributed by atoms with Crippen molar-refractivity contribution < 1.29 is 9.47 Å². The van der Waals surface area contributed by atoms with Gasteiger partial charge in [-0.1, -0.05) is 19.1 Å². The zero-order valence-corrected chi connectivity index (χ0v) is 11.8. The molecule has 1 aromatic heterocycles. The van der Waals surface area contributed by atoms with E-state index in [4.69, 9.17) is 9.47 Å². The van der Waals surface area contributed by atoms with Gasteiger partial charge in [0.2, 0.25) is 5.88 Å². The summed E-state index contributed by atoms with van der Waals surface area (Å²) >= 11 is 0. The maximum atomic E-state index is 5.74. The van der Waals surface area contributed by atoms with Gasteiger partial charge in [0.25, 0.3) is 0 Å². The predicted octanol–water partition coefficient (Wildman–Crippen LogP) is 3.49. The molecule has 1 N–H and O–H groups in total. The molecule has 0 aliphatic rings. The second-order valence-corrected chi connectivity index (χ2v) is 4.15. The summed E-state index contributed by atoms with van der Waals surface area (Å²) in [5.41, 5.74) is 0. The highest BCUT2D eigenvalue weighted by Crippen LogP contribution is 2.30. The minimum atomic E-state index is 0.443. The van der Waals surface area contributed by atoms with Crippen molar-refractivity contribution in [3.8, 4) is 17.4 Å². The molecule has 0 saturated carbocycles. The Morgan fingerprint density at radius 3 is 2.65 bits per heavy atom. The normalized spacial score (nSPS) is 10.1. The molecule has 0 aliphatic carbocycles. The van der Waals surface area contributed by atoms with Gasteiger partial charge >= 0.3 is 0 Å². The molecule has 106 valence electrons. The lowest BCUT2D eigenvalue weighted by Gasteiger charge is -2.11. The molecule has 1 aromatic carbocycles. The van der Waals surface area contributed by atoms with Crippen LogP contribution in [-0.4, -0.2) is 23.1 Å². The van der Waals surface area contributed by atoms with E-state index in [1.807, 2.05) is 31.2 Å². The monoisotopic (exact) mass is 273 g/mol. The average Bonchev–Trinajstić information content (AvgIpc) is 2.48. The number of rotatable bonds is 7. The molecule has 5 nitrogen and oxygen atoms in total. The topological polar surface area (TPSA) is 56.3 Å². The number of anilines is 1. The van der Waals surface area contributed by atoms with Gasteiger partial charge in [0, 0.05) is 6.54 Å². The van der Waals surface area contributed by atoms with Gasteiger partial charge in [0.1, 0.15) is 5.82 Å². The summed E-state index contributed by atoms with van der Waals surface area (Å²) in [4.78, 5) is 8.47. The lowest BCUT2D eigenvalue weighted by Crippen LogP contribution is -2.03. The Morgan fingerprint density at radius 1 is 1.10 bits per heavy atom. The number of nitrogens with zero attached hydrogens (tertiary/aromatic N) is 2. The summed E-state index contributed by atoms with van der Waals surface area (Å²) in [6, 6.07) is 7.51. The second-order valence-electron chi connectivity index (χ2n) is 4.15. The van der Waals surface area contributed by atoms with Crippen LogP contribution in [-0.2, 0) is 0 Å². The SMILES string of the molecule is CCCNc1cncc(Oc2ccccc2OCC)n1. The number of nitrogens with one attached hydrogen (secondary N) is 1. The van der Waals surface area contributed by atoms with E-state index in [0.29, 0.717) is 29.8 Å². The van der Waals surface area contributed by atoms with Crippen molar-refractivity contribution in [2.45, 2.75) is 20.3 Å². The summed E-state index contributed by atoms with van der Waals surface area (Å²) in [7, 11) is 0. The lowest BCUT2D eigenvalue weighted by atomic mass is 10.3. The molecule has 0 bridgehead atoms. The van der Waals surface area contributed by atoms with Gasteiger partial charge in [-0.15, -0.1) is 0 Å². The van der Waals surface area contributed by atoms with Crippen LogP contribution in [0.25, 0.3) is 0 Å². The van der Waals surface area contributed by atoms with E-state index in [1.165, 1.54) is 0 Å². The van der Waals surface area contributed by atoms with Crippen LogP contribution in [0, 0.1) is 0 Å². The number of hydrogen-bond donors (Lipinski definition) is 1. The molecule has 0 fully saturated rings. The van der Waals surface area contributed by atoms with Gasteiger partial charge in [0.05, 0.1) is 19.0 Å². The maximum Gasteiger partial charge on any atom is 0.240 e. The third-order valence-corrected chi connectivity index (χ3v) is 2.53. The second kappa shape index (κ2) is 7.33.